The third kappa shape index (κ3) is 6.00. The summed E-state index contributed by atoms with van der Waals surface area (Å²) in [7, 11) is -3.94. The van der Waals surface area contributed by atoms with E-state index in [2.05, 4.69) is 15.1 Å². The molecule has 1 unspecified atom stereocenters. The second kappa shape index (κ2) is 9.72. The Labute approximate surface area is 191 Å². The number of aryl methyl sites for hydroxylation is 1. The smallest absolute Gasteiger partial charge is 0.261 e. The molecule has 7 nitrogen and oxygen atoms in total. The van der Waals surface area contributed by atoms with Gasteiger partial charge in [-0.2, -0.15) is 5.10 Å². The molecule has 0 bridgehead atoms. The third-order valence-electron chi connectivity index (χ3n) is 4.59. The van der Waals surface area contributed by atoms with Gasteiger partial charge in [-0.1, -0.05) is 36.2 Å². The van der Waals surface area contributed by atoms with Crippen molar-refractivity contribution in [2.24, 2.45) is 5.92 Å². The van der Waals surface area contributed by atoms with Gasteiger partial charge in [-0.3, -0.25) is 14.2 Å². The van der Waals surface area contributed by atoms with Crippen LogP contribution in [0.25, 0.3) is 0 Å². The summed E-state index contributed by atoms with van der Waals surface area (Å²) >= 11 is 12.2. The molecule has 1 aromatic heterocycles. The lowest BCUT2D eigenvalue weighted by Gasteiger charge is -2.14. The first kappa shape index (κ1) is 23.1. The van der Waals surface area contributed by atoms with Gasteiger partial charge in [-0.05, 0) is 54.8 Å². The number of halogens is 2. The SMILES string of the molecule is Cc1ccc(NS(=O)(=O)c2ccc(Cl)c(C(=O)NCC(C)Cn3cccn3)c2)cc1Cl. The number of aromatic nitrogens is 2. The zero-order valence-electron chi connectivity index (χ0n) is 17.0. The predicted molar refractivity (Wildman–Crippen MR) is 122 cm³/mol. The molecule has 0 saturated heterocycles. The van der Waals surface area contributed by atoms with Crippen molar-refractivity contribution in [2.75, 3.05) is 11.3 Å². The van der Waals surface area contributed by atoms with Crippen LogP contribution in [0.2, 0.25) is 10.0 Å². The van der Waals surface area contributed by atoms with Crippen molar-refractivity contribution in [1.29, 1.82) is 0 Å². The van der Waals surface area contributed by atoms with Crippen molar-refractivity contribution in [3.63, 3.8) is 0 Å². The van der Waals surface area contributed by atoms with Gasteiger partial charge in [0.1, 0.15) is 0 Å². The molecule has 1 amide bonds. The van der Waals surface area contributed by atoms with Crippen LogP contribution in [0.4, 0.5) is 5.69 Å². The van der Waals surface area contributed by atoms with Gasteiger partial charge in [0.15, 0.2) is 0 Å². The lowest BCUT2D eigenvalue weighted by Crippen LogP contribution is -2.30. The van der Waals surface area contributed by atoms with E-state index in [1.807, 2.05) is 26.1 Å². The molecule has 0 saturated carbocycles. The number of nitrogens with one attached hydrogen (secondary N) is 2. The first-order valence-corrected chi connectivity index (χ1v) is 11.7. The highest BCUT2D eigenvalue weighted by Gasteiger charge is 2.20. The molecule has 1 heterocycles. The molecule has 164 valence electrons. The standard InChI is InChI=1S/C21H22Cl2N4O3S/c1-14(13-27-9-3-8-25-27)12-24-21(28)18-11-17(6-7-19(18)22)31(29,30)26-16-5-4-15(2)20(23)10-16/h3-11,14,26H,12-13H2,1-2H3,(H,24,28). The molecule has 0 aliphatic rings. The van der Waals surface area contributed by atoms with E-state index in [9.17, 15) is 13.2 Å². The molecule has 10 heteroatoms. The Bertz CT molecular complexity index is 1180. The molecule has 31 heavy (non-hydrogen) atoms. The van der Waals surface area contributed by atoms with Crippen molar-refractivity contribution in [3.8, 4) is 0 Å². The average Bonchev–Trinajstić information content (AvgIpc) is 3.22. The second-order valence-electron chi connectivity index (χ2n) is 7.25. The van der Waals surface area contributed by atoms with E-state index < -0.39 is 15.9 Å². The van der Waals surface area contributed by atoms with Crippen molar-refractivity contribution >= 4 is 44.8 Å². The molecular weight excluding hydrogens is 459 g/mol. The molecule has 2 aromatic carbocycles. The van der Waals surface area contributed by atoms with Crippen LogP contribution in [-0.4, -0.2) is 30.7 Å². The number of rotatable bonds is 8. The third-order valence-corrected chi connectivity index (χ3v) is 6.70. The number of carbonyl (C=O) groups is 1. The number of hydrogen-bond donors (Lipinski definition) is 2. The van der Waals surface area contributed by atoms with Gasteiger partial charge < -0.3 is 5.32 Å². The largest absolute Gasteiger partial charge is 0.352 e. The Kier molecular flexibility index (Phi) is 7.25. The average molecular weight is 481 g/mol. The Morgan fingerprint density at radius 2 is 1.94 bits per heavy atom. The summed E-state index contributed by atoms with van der Waals surface area (Å²) in [6, 6.07) is 10.7. The topological polar surface area (TPSA) is 93.1 Å². The summed E-state index contributed by atoms with van der Waals surface area (Å²) in [5, 5.41) is 7.54. The highest BCUT2D eigenvalue weighted by Crippen LogP contribution is 2.25. The fraction of sp³-hybridized carbons (Fsp3) is 0.238. The Balaban J connectivity index is 1.72. The molecule has 0 aliphatic heterocycles. The van der Waals surface area contributed by atoms with E-state index in [0.717, 1.165) is 5.56 Å². The van der Waals surface area contributed by atoms with Crippen LogP contribution in [0.15, 0.2) is 59.8 Å². The summed E-state index contributed by atoms with van der Waals surface area (Å²) in [6.45, 7) is 4.81. The molecule has 0 radical (unpaired) electrons. The molecule has 0 spiro atoms. The highest BCUT2D eigenvalue weighted by molar-refractivity contribution is 7.92. The summed E-state index contributed by atoms with van der Waals surface area (Å²) in [4.78, 5) is 12.6. The zero-order chi connectivity index (χ0) is 22.6. The normalized spacial score (nSPS) is 12.4. The minimum absolute atomic E-state index is 0.0802. The van der Waals surface area contributed by atoms with E-state index in [-0.39, 0.29) is 21.4 Å². The quantitative estimate of drug-likeness (QED) is 0.500. The molecule has 1 atom stereocenters. The highest BCUT2D eigenvalue weighted by atomic mass is 35.5. The lowest BCUT2D eigenvalue weighted by molar-refractivity contribution is 0.0946. The number of sulfonamides is 1. The van der Waals surface area contributed by atoms with Gasteiger partial charge in [-0.25, -0.2) is 8.42 Å². The molecular formula is C21H22Cl2N4O3S. The van der Waals surface area contributed by atoms with Gasteiger partial charge in [0, 0.05) is 30.5 Å². The van der Waals surface area contributed by atoms with Crippen LogP contribution < -0.4 is 10.0 Å². The number of nitrogens with zero attached hydrogens (tertiary/aromatic N) is 2. The van der Waals surface area contributed by atoms with Crippen molar-refractivity contribution < 1.29 is 13.2 Å². The van der Waals surface area contributed by atoms with Crippen molar-refractivity contribution in [2.45, 2.75) is 25.3 Å². The predicted octanol–water partition coefficient (Wildman–Crippen LogP) is 4.37. The van der Waals surface area contributed by atoms with E-state index >= 15 is 0 Å². The van der Waals surface area contributed by atoms with Crippen molar-refractivity contribution in [1.82, 2.24) is 15.1 Å². The number of amides is 1. The van der Waals surface area contributed by atoms with E-state index in [1.165, 1.54) is 24.3 Å². The monoisotopic (exact) mass is 480 g/mol. The maximum Gasteiger partial charge on any atom is 0.261 e. The van der Waals surface area contributed by atoms with E-state index in [4.69, 9.17) is 23.2 Å². The number of anilines is 1. The minimum atomic E-state index is -3.94. The molecule has 0 aliphatic carbocycles. The molecule has 3 aromatic rings. The molecule has 0 fully saturated rings. The van der Waals surface area contributed by atoms with E-state index in [0.29, 0.717) is 23.8 Å². The Morgan fingerprint density at radius 3 is 2.61 bits per heavy atom. The van der Waals surface area contributed by atoms with Crippen LogP contribution in [0.1, 0.15) is 22.8 Å². The lowest BCUT2D eigenvalue weighted by atomic mass is 10.1. The first-order chi connectivity index (χ1) is 14.7. The maximum atomic E-state index is 12.8. The van der Waals surface area contributed by atoms with Crippen LogP contribution in [0, 0.1) is 12.8 Å². The van der Waals surface area contributed by atoms with Gasteiger partial charge >= 0.3 is 0 Å². The minimum Gasteiger partial charge on any atom is -0.352 e. The van der Waals surface area contributed by atoms with Crippen molar-refractivity contribution in [3.05, 3.63) is 76.0 Å². The van der Waals surface area contributed by atoms with Crippen LogP contribution in [-0.2, 0) is 16.6 Å². The number of benzene rings is 2. The van der Waals surface area contributed by atoms with Gasteiger partial charge in [-0.15, -0.1) is 0 Å². The number of carbonyl (C=O) groups excluding carboxylic acids is 1. The van der Waals surface area contributed by atoms with Gasteiger partial charge in [0.05, 0.1) is 21.2 Å². The Hall–Kier alpha value is -2.55. The summed E-state index contributed by atoms with van der Waals surface area (Å²) in [6.07, 6.45) is 3.54. The fourth-order valence-electron chi connectivity index (χ4n) is 2.87. The molecule has 2 N–H and O–H groups in total. The summed E-state index contributed by atoms with van der Waals surface area (Å²) < 4.78 is 29.8. The van der Waals surface area contributed by atoms with Crippen LogP contribution in [0.3, 0.4) is 0 Å². The summed E-state index contributed by atoms with van der Waals surface area (Å²) in [5.41, 5.74) is 1.23. The van der Waals surface area contributed by atoms with E-state index in [1.54, 1.807) is 23.0 Å². The van der Waals surface area contributed by atoms with Gasteiger partial charge in [0.25, 0.3) is 15.9 Å². The first-order valence-electron chi connectivity index (χ1n) is 9.50. The maximum absolute atomic E-state index is 12.8. The Morgan fingerprint density at radius 1 is 1.16 bits per heavy atom. The van der Waals surface area contributed by atoms with Gasteiger partial charge in [0.2, 0.25) is 0 Å². The van der Waals surface area contributed by atoms with Crippen LogP contribution in [0.5, 0.6) is 0 Å². The fourth-order valence-corrected chi connectivity index (χ4v) is 4.33. The second-order valence-corrected chi connectivity index (χ2v) is 9.75. The molecule has 3 rings (SSSR count). The number of hydrogen-bond acceptors (Lipinski definition) is 4. The zero-order valence-corrected chi connectivity index (χ0v) is 19.3. The summed E-state index contributed by atoms with van der Waals surface area (Å²) in [5.74, 6) is -0.338. The van der Waals surface area contributed by atoms with Crippen LogP contribution >= 0.6 is 23.2 Å².